The molecule has 1 aliphatic heterocycles. The number of nitrogens with zero attached hydrogens (tertiary/aromatic N) is 2. The minimum atomic E-state index is -0.500. The topological polar surface area (TPSA) is 92.6 Å². The molecule has 1 fully saturated rings. The molecule has 8 heteroatoms. The van der Waals surface area contributed by atoms with Crippen LogP contribution in [0.1, 0.15) is 26.9 Å². The molecule has 0 aromatic heterocycles. The molecule has 3 aromatic carbocycles. The number of nitro groups is 1. The van der Waals surface area contributed by atoms with Crippen LogP contribution in [0.3, 0.4) is 0 Å². The van der Waals surface area contributed by atoms with Crippen molar-refractivity contribution in [3.63, 3.8) is 0 Å². The van der Waals surface area contributed by atoms with Gasteiger partial charge in [0.05, 0.1) is 10.7 Å². The maximum Gasteiger partial charge on any atom is 0.273 e. The summed E-state index contributed by atoms with van der Waals surface area (Å²) in [6, 6.07) is 21.2. The monoisotopic (exact) mass is 433 g/mol. The highest BCUT2D eigenvalue weighted by Gasteiger charge is 2.33. The van der Waals surface area contributed by atoms with E-state index in [-0.39, 0.29) is 22.5 Å². The number of rotatable bonds is 5. The van der Waals surface area contributed by atoms with Gasteiger partial charge in [-0.2, -0.15) is 0 Å². The van der Waals surface area contributed by atoms with Crippen molar-refractivity contribution < 1.29 is 14.5 Å². The first-order valence-electron chi connectivity index (χ1n) is 9.59. The molecular weight excluding hydrogens is 414 g/mol. The number of nitrogens with one attached hydrogen (secondary N) is 1. The van der Waals surface area contributed by atoms with E-state index >= 15 is 0 Å². The standard InChI is InChI=1S/C23H19N3O4S/c1-15-7-8-17(13-20(15)26(29)30)22(28)24-18-11-9-16(10-12-18)23-25(21(27)14-31-23)19-5-3-2-4-6-19/h2-13,23H,14H2,1H3,(H,24,28). The van der Waals surface area contributed by atoms with E-state index < -0.39 is 10.8 Å². The second kappa shape index (κ2) is 8.61. The van der Waals surface area contributed by atoms with Crippen LogP contribution < -0.4 is 10.2 Å². The van der Waals surface area contributed by atoms with Crippen LogP contribution in [0.4, 0.5) is 17.1 Å². The number of carbonyl (C=O) groups excluding carboxylic acids is 2. The van der Waals surface area contributed by atoms with Gasteiger partial charge < -0.3 is 5.32 Å². The van der Waals surface area contributed by atoms with Gasteiger partial charge in [0.15, 0.2) is 0 Å². The van der Waals surface area contributed by atoms with Gasteiger partial charge in [-0.1, -0.05) is 36.4 Å². The van der Waals surface area contributed by atoms with Crippen molar-refractivity contribution in [2.45, 2.75) is 12.3 Å². The summed E-state index contributed by atoms with van der Waals surface area (Å²) in [7, 11) is 0. The fourth-order valence-electron chi connectivity index (χ4n) is 3.42. The quantitative estimate of drug-likeness (QED) is 0.455. The van der Waals surface area contributed by atoms with E-state index in [9.17, 15) is 19.7 Å². The van der Waals surface area contributed by atoms with Gasteiger partial charge in [-0.3, -0.25) is 24.6 Å². The van der Waals surface area contributed by atoms with Crippen LogP contribution in [0.25, 0.3) is 0 Å². The third kappa shape index (κ3) is 4.29. The van der Waals surface area contributed by atoms with Gasteiger partial charge in [0.2, 0.25) is 5.91 Å². The number of amides is 2. The number of nitro benzene ring substituents is 1. The van der Waals surface area contributed by atoms with Crippen molar-refractivity contribution in [3.05, 3.63) is 99.6 Å². The first kappa shape index (κ1) is 20.6. The van der Waals surface area contributed by atoms with Crippen molar-refractivity contribution in [3.8, 4) is 0 Å². The molecule has 0 spiro atoms. The average Bonchev–Trinajstić information content (AvgIpc) is 3.16. The zero-order valence-corrected chi connectivity index (χ0v) is 17.5. The third-order valence-corrected chi connectivity index (χ3v) is 6.24. The Bertz CT molecular complexity index is 1150. The lowest BCUT2D eigenvalue weighted by Crippen LogP contribution is -2.27. The second-order valence-electron chi connectivity index (χ2n) is 7.10. The number of para-hydroxylation sites is 1. The summed E-state index contributed by atoms with van der Waals surface area (Å²) in [6.07, 6.45) is 0. The van der Waals surface area contributed by atoms with Gasteiger partial charge in [0, 0.05) is 28.6 Å². The normalized spacial score (nSPS) is 15.7. The lowest BCUT2D eigenvalue weighted by molar-refractivity contribution is -0.385. The third-order valence-electron chi connectivity index (χ3n) is 5.02. The maximum absolute atomic E-state index is 12.5. The lowest BCUT2D eigenvalue weighted by Gasteiger charge is -2.24. The molecule has 7 nitrogen and oxygen atoms in total. The number of hydrogen-bond acceptors (Lipinski definition) is 5. The average molecular weight is 433 g/mol. The van der Waals surface area contributed by atoms with Crippen LogP contribution >= 0.6 is 11.8 Å². The van der Waals surface area contributed by atoms with Crippen molar-refractivity contribution in [1.29, 1.82) is 0 Å². The summed E-state index contributed by atoms with van der Waals surface area (Å²) in [5.74, 6) is 0.0382. The smallest absolute Gasteiger partial charge is 0.273 e. The largest absolute Gasteiger partial charge is 0.322 e. The second-order valence-corrected chi connectivity index (χ2v) is 8.17. The minimum absolute atomic E-state index is 0.0551. The van der Waals surface area contributed by atoms with Crippen molar-refractivity contribution in [2.24, 2.45) is 0 Å². The van der Waals surface area contributed by atoms with E-state index in [0.717, 1.165) is 11.3 Å². The van der Waals surface area contributed by atoms with E-state index in [1.54, 1.807) is 47.9 Å². The van der Waals surface area contributed by atoms with Gasteiger partial charge in [-0.15, -0.1) is 11.8 Å². The molecule has 0 saturated carbocycles. The molecule has 156 valence electrons. The predicted molar refractivity (Wildman–Crippen MR) is 121 cm³/mol. The first-order valence-corrected chi connectivity index (χ1v) is 10.6. The number of benzene rings is 3. The highest BCUT2D eigenvalue weighted by molar-refractivity contribution is 8.00. The highest BCUT2D eigenvalue weighted by atomic mass is 32.2. The van der Waals surface area contributed by atoms with Gasteiger partial charge >= 0.3 is 0 Å². The van der Waals surface area contributed by atoms with Crippen LogP contribution in [0, 0.1) is 17.0 Å². The summed E-state index contributed by atoms with van der Waals surface area (Å²) in [6.45, 7) is 1.63. The number of thioether (sulfide) groups is 1. The molecular formula is C23H19N3O4S. The Hall–Kier alpha value is -3.65. The number of anilines is 2. The Kier molecular flexibility index (Phi) is 5.73. The summed E-state index contributed by atoms with van der Waals surface area (Å²) in [4.78, 5) is 37.4. The Balaban J connectivity index is 1.51. The molecule has 1 saturated heterocycles. The zero-order chi connectivity index (χ0) is 22.0. The Labute approximate surface area is 183 Å². The Morgan fingerprint density at radius 3 is 2.48 bits per heavy atom. The highest BCUT2D eigenvalue weighted by Crippen LogP contribution is 2.41. The molecule has 1 atom stereocenters. The zero-order valence-electron chi connectivity index (χ0n) is 16.6. The number of aryl methyl sites for hydroxylation is 1. The fourth-order valence-corrected chi connectivity index (χ4v) is 4.60. The van der Waals surface area contributed by atoms with Crippen molar-refractivity contribution in [2.75, 3.05) is 16.0 Å². The molecule has 0 aliphatic carbocycles. The van der Waals surface area contributed by atoms with Crippen molar-refractivity contribution >= 4 is 40.6 Å². The van der Waals surface area contributed by atoms with Crippen molar-refractivity contribution in [1.82, 2.24) is 0 Å². The number of carbonyl (C=O) groups is 2. The first-order chi connectivity index (χ1) is 14.9. The van der Waals surface area contributed by atoms with Crippen LogP contribution in [0.15, 0.2) is 72.8 Å². The Morgan fingerprint density at radius 2 is 1.81 bits per heavy atom. The molecule has 1 unspecified atom stereocenters. The molecule has 1 N–H and O–H groups in total. The Morgan fingerprint density at radius 1 is 1.10 bits per heavy atom. The van der Waals surface area contributed by atoms with Crippen LogP contribution in [0.2, 0.25) is 0 Å². The molecule has 0 radical (unpaired) electrons. The molecule has 1 heterocycles. The minimum Gasteiger partial charge on any atom is -0.322 e. The molecule has 4 rings (SSSR count). The summed E-state index contributed by atoms with van der Waals surface area (Å²) in [5, 5.41) is 13.7. The van der Waals surface area contributed by atoms with Crippen LogP contribution in [-0.4, -0.2) is 22.5 Å². The van der Waals surface area contributed by atoms with E-state index in [1.807, 2.05) is 42.5 Å². The van der Waals surface area contributed by atoms with E-state index in [4.69, 9.17) is 0 Å². The van der Waals surface area contributed by atoms with Gasteiger partial charge in [0.25, 0.3) is 11.6 Å². The molecule has 31 heavy (non-hydrogen) atoms. The van der Waals surface area contributed by atoms with E-state index in [2.05, 4.69) is 5.32 Å². The van der Waals surface area contributed by atoms with Gasteiger partial charge in [-0.25, -0.2) is 0 Å². The van der Waals surface area contributed by atoms with E-state index in [1.165, 1.54) is 6.07 Å². The fraction of sp³-hybridized carbons (Fsp3) is 0.130. The summed E-state index contributed by atoms with van der Waals surface area (Å²) >= 11 is 1.55. The van der Waals surface area contributed by atoms with Crippen LogP contribution in [0.5, 0.6) is 0 Å². The van der Waals surface area contributed by atoms with E-state index in [0.29, 0.717) is 17.0 Å². The molecule has 1 aliphatic rings. The maximum atomic E-state index is 12.5. The summed E-state index contributed by atoms with van der Waals surface area (Å²) in [5.41, 5.74) is 2.99. The van der Waals surface area contributed by atoms with Gasteiger partial charge in [0.1, 0.15) is 5.37 Å². The van der Waals surface area contributed by atoms with Crippen LogP contribution in [-0.2, 0) is 4.79 Å². The molecule has 3 aromatic rings. The van der Waals surface area contributed by atoms with Gasteiger partial charge in [-0.05, 0) is 42.8 Å². The molecule has 2 amide bonds. The lowest BCUT2D eigenvalue weighted by atomic mass is 10.1. The molecule has 0 bridgehead atoms. The summed E-state index contributed by atoms with van der Waals surface area (Å²) < 4.78 is 0. The SMILES string of the molecule is Cc1ccc(C(=O)Nc2ccc(C3SCC(=O)N3c3ccccc3)cc2)cc1[N+](=O)[O-]. The predicted octanol–water partition coefficient (Wildman–Crippen LogP) is 4.93. The number of hydrogen-bond donors (Lipinski definition) is 1.